The Kier molecular flexibility index (Phi) is 5.35. The average molecular weight is 286 g/mol. The van der Waals surface area contributed by atoms with Gasteiger partial charge in [0.25, 0.3) is 5.91 Å². The molecule has 3 atom stereocenters. The summed E-state index contributed by atoms with van der Waals surface area (Å²) in [5.74, 6) is 0.346. The highest BCUT2D eigenvalue weighted by atomic mass is 16.5. The summed E-state index contributed by atoms with van der Waals surface area (Å²) in [7, 11) is 0. The maximum atomic E-state index is 12.2. The number of hydrogen-bond acceptors (Lipinski definition) is 3. The van der Waals surface area contributed by atoms with Gasteiger partial charge in [-0.1, -0.05) is 25.8 Å². The quantitative estimate of drug-likeness (QED) is 0.921. The van der Waals surface area contributed by atoms with Gasteiger partial charge < -0.3 is 10.1 Å². The molecule has 4 heteroatoms. The van der Waals surface area contributed by atoms with Crippen LogP contribution in [0.5, 0.6) is 0 Å². The van der Waals surface area contributed by atoms with E-state index in [0.717, 1.165) is 6.42 Å². The lowest BCUT2D eigenvalue weighted by Gasteiger charge is -2.30. The molecule has 0 saturated heterocycles. The van der Waals surface area contributed by atoms with E-state index < -0.39 is 6.10 Å². The van der Waals surface area contributed by atoms with Crippen molar-refractivity contribution in [3.63, 3.8) is 0 Å². The summed E-state index contributed by atoms with van der Waals surface area (Å²) in [6, 6.07) is 8.95. The fraction of sp³-hybridized carbons (Fsp3) is 0.529. The monoisotopic (exact) mass is 286 g/mol. The Balaban J connectivity index is 1.91. The number of amides is 1. The molecule has 0 radical (unpaired) electrons. The van der Waals surface area contributed by atoms with Crippen LogP contribution in [-0.4, -0.2) is 18.1 Å². The van der Waals surface area contributed by atoms with Gasteiger partial charge in [0.2, 0.25) is 0 Å². The van der Waals surface area contributed by atoms with Crippen molar-refractivity contribution >= 4 is 11.6 Å². The number of carbonyl (C=O) groups is 1. The van der Waals surface area contributed by atoms with Crippen LogP contribution in [-0.2, 0) is 9.53 Å². The van der Waals surface area contributed by atoms with Gasteiger partial charge in [-0.15, -0.1) is 0 Å². The first kappa shape index (κ1) is 15.5. The third-order valence-corrected chi connectivity index (χ3v) is 4.04. The zero-order valence-corrected chi connectivity index (χ0v) is 12.6. The van der Waals surface area contributed by atoms with Crippen LogP contribution in [0.15, 0.2) is 24.3 Å². The van der Waals surface area contributed by atoms with Gasteiger partial charge in [0.05, 0.1) is 17.7 Å². The second-order valence-electron chi connectivity index (χ2n) is 5.76. The van der Waals surface area contributed by atoms with Gasteiger partial charge in [-0.25, -0.2) is 0 Å². The van der Waals surface area contributed by atoms with E-state index in [1.54, 1.807) is 31.2 Å². The molecule has 4 nitrogen and oxygen atoms in total. The zero-order chi connectivity index (χ0) is 15.2. The van der Waals surface area contributed by atoms with Crippen molar-refractivity contribution in [2.75, 3.05) is 5.32 Å². The minimum absolute atomic E-state index is 0.164. The SMILES string of the molecule is CC(OC1CCCCC1C)C(=O)Nc1cccc(C#N)c1. The highest BCUT2D eigenvalue weighted by molar-refractivity contribution is 5.94. The number of benzene rings is 1. The lowest BCUT2D eigenvalue weighted by atomic mass is 9.88. The third kappa shape index (κ3) is 4.30. The predicted molar refractivity (Wildman–Crippen MR) is 81.8 cm³/mol. The first-order chi connectivity index (χ1) is 10.1. The summed E-state index contributed by atoms with van der Waals surface area (Å²) in [5, 5.41) is 11.7. The minimum Gasteiger partial charge on any atom is -0.365 e. The van der Waals surface area contributed by atoms with Gasteiger partial charge >= 0.3 is 0 Å². The molecule has 1 fully saturated rings. The summed E-state index contributed by atoms with van der Waals surface area (Å²) in [6.45, 7) is 3.97. The van der Waals surface area contributed by atoms with E-state index in [0.29, 0.717) is 17.2 Å². The smallest absolute Gasteiger partial charge is 0.253 e. The molecule has 21 heavy (non-hydrogen) atoms. The molecular formula is C17H22N2O2. The molecule has 3 unspecified atom stereocenters. The number of ether oxygens (including phenoxy) is 1. The van der Waals surface area contributed by atoms with Crippen molar-refractivity contribution in [1.82, 2.24) is 0 Å². The first-order valence-corrected chi connectivity index (χ1v) is 7.56. The third-order valence-electron chi connectivity index (χ3n) is 4.04. The van der Waals surface area contributed by atoms with E-state index in [1.807, 2.05) is 0 Å². The molecule has 1 N–H and O–H groups in total. The van der Waals surface area contributed by atoms with Crippen molar-refractivity contribution in [2.24, 2.45) is 5.92 Å². The van der Waals surface area contributed by atoms with Gasteiger partial charge in [-0.2, -0.15) is 5.26 Å². The molecular weight excluding hydrogens is 264 g/mol. The first-order valence-electron chi connectivity index (χ1n) is 7.56. The molecule has 0 aliphatic heterocycles. The van der Waals surface area contributed by atoms with Crippen molar-refractivity contribution < 1.29 is 9.53 Å². The van der Waals surface area contributed by atoms with Crippen molar-refractivity contribution in [1.29, 1.82) is 5.26 Å². The highest BCUT2D eigenvalue weighted by Gasteiger charge is 2.26. The van der Waals surface area contributed by atoms with E-state index in [1.165, 1.54) is 19.3 Å². The molecule has 0 aromatic heterocycles. The Labute approximate surface area is 126 Å². The Bertz CT molecular complexity index is 536. The van der Waals surface area contributed by atoms with E-state index in [4.69, 9.17) is 10.00 Å². The normalized spacial score (nSPS) is 23.1. The summed E-state index contributed by atoms with van der Waals surface area (Å²) in [4.78, 5) is 12.2. The van der Waals surface area contributed by atoms with Crippen LogP contribution >= 0.6 is 0 Å². The number of nitrogens with zero attached hydrogens (tertiary/aromatic N) is 1. The van der Waals surface area contributed by atoms with Gasteiger partial charge in [0.15, 0.2) is 0 Å². The Morgan fingerprint density at radius 2 is 2.19 bits per heavy atom. The number of carbonyl (C=O) groups excluding carboxylic acids is 1. The average Bonchev–Trinajstić information content (AvgIpc) is 2.49. The highest BCUT2D eigenvalue weighted by Crippen LogP contribution is 2.27. The van der Waals surface area contributed by atoms with Crippen LogP contribution < -0.4 is 5.32 Å². The van der Waals surface area contributed by atoms with E-state index in [-0.39, 0.29) is 12.0 Å². The van der Waals surface area contributed by atoms with E-state index in [2.05, 4.69) is 18.3 Å². The van der Waals surface area contributed by atoms with Crippen molar-refractivity contribution in [3.05, 3.63) is 29.8 Å². The zero-order valence-electron chi connectivity index (χ0n) is 12.6. The van der Waals surface area contributed by atoms with Crippen LogP contribution in [0.4, 0.5) is 5.69 Å². The summed E-state index contributed by atoms with van der Waals surface area (Å²) in [5.41, 5.74) is 1.16. The fourth-order valence-corrected chi connectivity index (χ4v) is 2.72. The molecule has 0 heterocycles. The van der Waals surface area contributed by atoms with Gasteiger partial charge in [-0.3, -0.25) is 4.79 Å². The van der Waals surface area contributed by atoms with E-state index >= 15 is 0 Å². The number of anilines is 1. The summed E-state index contributed by atoms with van der Waals surface area (Å²) >= 11 is 0. The Hall–Kier alpha value is -1.86. The predicted octanol–water partition coefficient (Wildman–Crippen LogP) is 3.48. The van der Waals surface area contributed by atoms with Gasteiger partial charge in [0, 0.05) is 5.69 Å². The maximum Gasteiger partial charge on any atom is 0.253 e. The molecule has 2 rings (SSSR count). The number of nitriles is 1. The minimum atomic E-state index is -0.485. The molecule has 1 aliphatic rings. The molecule has 1 saturated carbocycles. The van der Waals surface area contributed by atoms with Crippen LogP contribution in [0.2, 0.25) is 0 Å². The molecule has 1 amide bonds. The summed E-state index contributed by atoms with van der Waals surface area (Å²) < 4.78 is 5.92. The second kappa shape index (κ2) is 7.24. The number of rotatable bonds is 4. The van der Waals surface area contributed by atoms with Crippen molar-refractivity contribution in [3.8, 4) is 6.07 Å². The Morgan fingerprint density at radius 1 is 1.43 bits per heavy atom. The lowest BCUT2D eigenvalue weighted by Crippen LogP contribution is -2.35. The molecule has 112 valence electrons. The molecule has 1 aromatic carbocycles. The molecule has 1 aromatic rings. The number of hydrogen-bond donors (Lipinski definition) is 1. The fourth-order valence-electron chi connectivity index (χ4n) is 2.72. The van der Waals surface area contributed by atoms with Crippen LogP contribution in [0, 0.1) is 17.2 Å². The van der Waals surface area contributed by atoms with Crippen LogP contribution in [0.25, 0.3) is 0 Å². The topological polar surface area (TPSA) is 62.1 Å². The molecule has 0 spiro atoms. The van der Waals surface area contributed by atoms with Crippen molar-refractivity contribution in [2.45, 2.75) is 51.7 Å². The van der Waals surface area contributed by atoms with Crippen LogP contribution in [0.1, 0.15) is 45.1 Å². The van der Waals surface area contributed by atoms with Gasteiger partial charge in [0.1, 0.15) is 6.10 Å². The Morgan fingerprint density at radius 3 is 2.90 bits per heavy atom. The number of nitrogens with one attached hydrogen (secondary N) is 1. The second-order valence-corrected chi connectivity index (χ2v) is 5.76. The summed E-state index contributed by atoms with van der Waals surface area (Å²) in [6.07, 6.45) is 4.31. The lowest BCUT2D eigenvalue weighted by molar-refractivity contribution is -0.133. The maximum absolute atomic E-state index is 12.2. The van der Waals surface area contributed by atoms with Crippen LogP contribution in [0.3, 0.4) is 0 Å². The molecule has 1 aliphatic carbocycles. The standard InChI is InChI=1S/C17H22N2O2/c1-12-6-3-4-9-16(12)21-13(2)17(20)19-15-8-5-7-14(10-15)11-18/h5,7-8,10,12-13,16H,3-4,6,9H2,1-2H3,(H,19,20). The molecule has 0 bridgehead atoms. The largest absolute Gasteiger partial charge is 0.365 e. The van der Waals surface area contributed by atoms with E-state index in [9.17, 15) is 4.79 Å². The van der Waals surface area contributed by atoms with Gasteiger partial charge in [-0.05, 0) is 43.9 Å².